The van der Waals surface area contributed by atoms with Gasteiger partial charge in [0.05, 0.1) is 6.61 Å². The summed E-state index contributed by atoms with van der Waals surface area (Å²) in [6, 6.07) is 5.71. The molecule has 122 valence electrons. The van der Waals surface area contributed by atoms with E-state index in [1.54, 1.807) is 4.90 Å². The lowest BCUT2D eigenvalue weighted by Crippen LogP contribution is -2.35. The minimum Gasteiger partial charge on any atom is -0.494 e. The Morgan fingerprint density at radius 3 is 2.77 bits per heavy atom. The maximum Gasteiger partial charge on any atom is 0.410 e. The van der Waals surface area contributed by atoms with Crippen molar-refractivity contribution in [1.29, 1.82) is 0 Å². The summed E-state index contributed by atoms with van der Waals surface area (Å²) in [7, 11) is 0. The number of halogens is 1. The average molecular weight is 326 g/mol. The van der Waals surface area contributed by atoms with E-state index in [0.717, 1.165) is 17.7 Å². The maximum atomic E-state index is 12.2. The predicted molar refractivity (Wildman–Crippen MR) is 87.8 cm³/mol. The molecule has 5 heteroatoms. The molecule has 0 spiro atoms. The van der Waals surface area contributed by atoms with Crippen molar-refractivity contribution in [2.75, 3.05) is 19.7 Å². The summed E-state index contributed by atoms with van der Waals surface area (Å²) in [6.45, 7) is 9.53. The van der Waals surface area contributed by atoms with Crippen LogP contribution in [0.1, 0.15) is 45.6 Å². The summed E-state index contributed by atoms with van der Waals surface area (Å²) in [6.07, 6.45) is 0.656. The Labute approximate surface area is 137 Å². The molecule has 1 unspecified atom stereocenters. The Balaban J connectivity index is 2.08. The maximum absolute atomic E-state index is 12.2. The number of nitrogens with zero attached hydrogens (tertiary/aromatic N) is 1. The van der Waals surface area contributed by atoms with Gasteiger partial charge < -0.3 is 14.4 Å². The quantitative estimate of drug-likeness (QED) is 0.823. The van der Waals surface area contributed by atoms with Crippen molar-refractivity contribution >= 4 is 17.7 Å². The van der Waals surface area contributed by atoms with Crippen molar-refractivity contribution in [3.63, 3.8) is 0 Å². The largest absolute Gasteiger partial charge is 0.494 e. The summed E-state index contributed by atoms with van der Waals surface area (Å²) in [4.78, 5) is 13.9. The fraction of sp³-hybridized carbons (Fsp3) is 0.588. The molecule has 0 radical (unpaired) electrons. The average Bonchev–Trinajstić information content (AvgIpc) is 2.87. The van der Waals surface area contributed by atoms with E-state index < -0.39 is 5.60 Å². The highest BCUT2D eigenvalue weighted by Gasteiger charge is 2.31. The van der Waals surface area contributed by atoms with Gasteiger partial charge in [0.1, 0.15) is 11.4 Å². The highest BCUT2D eigenvalue weighted by atomic mass is 35.5. The molecule has 0 aliphatic carbocycles. The SMILES string of the molecule is CCOc1cc(Cl)ccc1C1CCN(C(=O)OC(C)(C)C)C1. The zero-order chi connectivity index (χ0) is 16.3. The number of carbonyl (C=O) groups is 1. The van der Waals surface area contributed by atoms with E-state index in [1.165, 1.54) is 0 Å². The molecule has 0 aromatic heterocycles. The van der Waals surface area contributed by atoms with E-state index >= 15 is 0 Å². The third kappa shape index (κ3) is 4.29. The fourth-order valence-electron chi connectivity index (χ4n) is 2.63. The summed E-state index contributed by atoms with van der Waals surface area (Å²) < 4.78 is 11.1. The lowest BCUT2D eigenvalue weighted by atomic mass is 9.97. The third-order valence-corrected chi connectivity index (χ3v) is 3.79. The number of rotatable bonds is 3. The summed E-state index contributed by atoms with van der Waals surface area (Å²) in [5.74, 6) is 1.07. The van der Waals surface area contributed by atoms with Gasteiger partial charge in [-0.1, -0.05) is 17.7 Å². The Bertz CT molecular complexity index is 539. The number of hydrogen-bond acceptors (Lipinski definition) is 3. The van der Waals surface area contributed by atoms with E-state index in [4.69, 9.17) is 21.1 Å². The van der Waals surface area contributed by atoms with Crippen LogP contribution in [0.5, 0.6) is 5.75 Å². The van der Waals surface area contributed by atoms with Gasteiger partial charge >= 0.3 is 6.09 Å². The molecule has 1 atom stereocenters. The van der Waals surface area contributed by atoms with Crippen LogP contribution in [0.2, 0.25) is 5.02 Å². The standard InChI is InChI=1S/C17H24ClNO3/c1-5-21-15-10-13(18)6-7-14(15)12-8-9-19(11-12)16(20)22-17(2,3)4/h6-7,10,12H,5,8-9,11H2,1-4H3. The fourth-order valence-corrected chi connectivity index (χ4v) is 2.79. The molecule has 1 amide bonds. The number of likely N-dealkylation sites (tertiary alicyclic amines) is 1. The highest BCUT2D eigenvalue weighted by molar-refractivity contribution is 6.30. The molecule has 0 saturated carbocycles. The van der Waals surface area contributed by atoms with Crippen molar-refractivity contribution in [2.45, 2.75) is 45.6 Å². The summed E-state index contributed by atoms with van der Waals surface area (Å²) in [5.41, 5.74) is 0.642. The molecule has 1 fully saturated rings. The first-order valence-corrected chi connectivity index (χ1v) is 8.08. The van der Waals surface area contributed by atoms with Crippen molar-refractivity contribution < 1.29 is 14.3 Å². The van der Waals surface area contributed by atoms with E-state index in [2.05, 4.69) is 0 Å². The second-order valence-electron chi connectivity index (χ2n) is 6.53. The van der Waals surface area contributed by atoms with Crippen LogP contribution in [-0.4, -0.2) is 36.3 Å². The molecular formula is C17H24ClNO3. The number of ether oxygens (including phenoxy) is 2. The molecule has 1 heterocycles. The first-order chi connectivity index (χ1) is 10.3. The van der Waals surface area contributed by atoms with Crippen LogP contribution >= 0.6 is 11.6 Å². The first-order valence-electron chi connectivity index (χ1n) is 7.70. The molecule has 1 aromatic carbocycles. The van der Waals surface area contributed by atoms with E-state index in [-0.39, 0.29) is 12.0 Å². The predicted octanol–water partition coefficient (Wildman–Crippen LogP) is 4.46. The summed E-state index contributed by atoms with van der Waals surface area (Å²) >= 11 is 6.05. The lowest BCUT2D eigenvalue weighted by Gasteiger charge is -2.24. The second-order valence-corrected chi connectivity index (χ2v) is 6.96. The number of amides is 1. The van der Waals surface area contributed by atoms with Gasteiger partial charge in [0.25, 0.3) is 0 Å². The molecule has 4 nitrogen and oxygen atoms in total. The van der Waals surface area contributed by atoms with Gasteiger partial charge in [-0.15, -0.1) is 0 Å². The normalized spacial score (nSPS) is 18.4. The van der Waals surface area contributed by atoms with Gasteiger partial charge in [0.15, 0.2) is 0 Å². The molecule has 0 bridgehead atoms. The molecule has 22 heavy (non-hydrogen) atoms. The number of carbonyl (C=O) groups excluding carboxylic acids is 1. The van der Waals surface area contributed by atoms with E-state index in [0.29, 0.717) is 24.7 Å². The van der Waals surface area contributed by atoms with Gasteiger partial charge in [0.2, 0.25) is 0 Å². The van der Waals surface area contributed by atoms with Crippen molar-refractivity contribution in [2.24, 2.45) is 0 Å². The highest BCUT2D eigenvalue weighted by Crippen LogP contribution is 2.35. The Morgan fingerprint density at radius 1 is 1.41 bits per heavy atom. The number of benzene rings is 1. The smallest absolute Gasteiger partial charge is 0.410 e. The van der Waals surface area contributed by atoms with Gasteiger partial charge in [-0.2, -0.15) is 0 Å². The van der Waals surface area contributed by atoms with Crippen LogP contribution in [0, 0.1) is 0 Å². The Hall–Kier alpha value is -1.42. The third-order valence-electron chi connectivity index (χ3n) is 3.56. The van der Waals surface area contributed by atoms with Crippen LogP contribution < -0.4 is 4.74 Å². The van der Waals surface area contributed by atoms with Crippen molar-refractivity contribution in [1.82, 2.24) is 4.90 Å². The Kier molecular flexibility index (Phi) is 5.22. The molecular weight excluding hydrogens is 302 g/mol. The van der Waals surface area contributed by atoms with Gasteiger partial charge in [0, 0.05) is 24.0 Å². The van der Waals surface area contributed by atoms with Gasteiger partial charge in [-0.3, -0.25) is 0 Å². The Morgan fingerprint density at radius 2 is 2.14 bits per heavy atom. The molecule has 1 aliphatic rings. The first kappa shape index (κ1) is 16.9. The minimum atomic E-state index is -0.466. The zero-order valence-electron chi connectivity index (χ0n) is 13.7. The molecule has 0 N–H and O–H groups in total. The molecule has 1 aromatic rings. The zero-order valence-corrected chi connectivity index (χ0v) is 14.4. The van der Waals surface area contributed by atoms with Crippen molar-refractivity contribution in [3.8, 4) is 5.75 Å². The summed E-state index contributed by atoms with van der Waals surface area (Å²) in [5, 5.41) is 0.661. The minimum absolute atomic E-state index is 0.248. The topological polar surface area (TPSA) is 38.8 Å². The van der Waals surface area contributed by atoms with E-state index in [1.807, 2.05) is 45.9 Å². The monoisotopic (exact) mass is 325 g/mol. The second kappa shape index (κ2) is 6.78. The molecule has 1 saturated heterocycles. The van der Waals surface area contributed by atoms with Gasteiger partial charge in [-0.05, 0) is 51.8 Å². The van der Waals surface area contributed by atoms with E-state index in [9.17, 15) is 4.79 Å². The van der Waals surface area contributed by atoms with Crippen LogP contribution in [0.4, 0.5) is 4.79 Å². The van der Waals surface area contributed by atoms with Crippen molar-refractivity contribution in [3.05, 3.63) is 28.8 Å². The molecule has 2 rings (SSSR count). The van der Waals surface area contributed by atoms with Crippen LogP contribution in [-0.2, 0) is 4.74 Å². The van der Waals surface area contributed by atoms with Crippen LogP contribution in [0.25, 0.3) is 0 Å². The van der Waals surface area contributed by atoms with Gasteiger partial charge in [-0.25, -0.2) is 4.79 Å². The van der Waals surface area contributed by atoms with Crippen LogP contribution in [0.15, 0.2) is 18.2 Å². The lowest BCUT2D eigenvalue weighted by molar-refractivity contribution is 0.0292. The number of hydrogen-bond donors (Lipinski definition) is 0. The molecule has 1 aliphatic heterocycles. The van der Waals surface area contributed by atoms with Crippen LogP contribution in [0.3, 0.4) is 0 Å².